The van der Waals surface area contributed by atoms with Crippen molar-refractivity contribution in [1.29, 1.82) is 0 Å². The molecule has 0 bridgehead atoms. The molecular weight excluding hydrogens is 276 g/mol. The van der Waals surface area contributed by atoms with Gasteiger partial charge in [0.1, 0.15) is 0 Å². The summed E-state index contributed by atoms with van der Waals surface area (Å²) in [4.78, 5) is 4.16. The van der Waals surface area contributed by atoms with E-state index in [-0.39, 0.29) is 11.6 Å². The standard InChI is InChI=1S/C14H16N2O3S/c1-11-8-9-13(19-2)14(15-11)16-20(17,18)10-12-6-4-3-5-7-12/h3-9H,10H2,1-2H3,(H,15,16). The Bertz CT molecular complexity index is 685. The second-order valence-corrected chi connectivity index (χ2v) is 6.07. The first kappa shape index (κ1) is 14.3. The molecule has 2 rings (SSSR count). The Morgan fingerprint density at radius 2 is 1.85 bits per heavy atom. The Morgan fingerprint density at radius 3 is 2.50 bits per heavy atom. The molecular formula is C14H16N2O3S. The van der Waals surface area contributed by atoms with Crippen molar-refractivity contribution in [2.24, 2.45) is 0 Å². The lowest BCUT2D eigenvalue weighted by Crippen LogP contribution is -2.16. The van der Waals surface area contributed by atoms with Gasteiger partial charge in [-0.25, -0.2) is 13.4 Å². The number of pyridine rings is 1. The molecule has 0 aliphatic rings. The number of methoxy groups -OCH3 is 1. The summed E-state index contributed by atoms with van der Waals surface area (Å²) in [6.07, 6.45) is 0. The minimum atomic E-state index is -3.53. The maximum absolute atomic E-state index is 12.1. The molecule has 1 aromatic heterocycles. The number of hydrogen-bond donors (Lipinski definition) is 1. The molecule has 0 saturated heterocycles. The number of aryl methyl sites for hydroxylation is 1. The molecule has 0 saturated carbocycles. The fourth-order valence-corrected chi connectivity index (χ4v) is 2.90. The predicted molar refractivity (Wildman–Crippen MR) is 78.2 cm³/mol. The van der Waals surface area contributed by atoms with E-state index in [4.69, 9.17) is 4.74 Å². The van der Waals surface area contributed by atoms with Crippen molar-refractivity contribution < 1.29 is 13.2 Å². The van der Waals surface area contributed by atoms with Crippen molar-refractivity contribution >= 4 is 15.8 Å². The zero-order valence-electron chi connectivity index (χ0n) is 11.3. The first-order chi connectivity index (χ1) is 9.50. The highest BCUT2D eigenvalue weighted by molar-refractivity contribution is 7.91. The van der Waals surface area contributed by atoms with E-state index in [0.717, 1.165) is 0 Å². The molecule has 0 aliphatic heterocycles. The van der Waals surface area contributed by atoms with Crippen molar-refractivity contribution in [3.8, 4) is 5.75 Å². The highest BCUT2D eigenvalue weighted by Gasteiger charge is 2.15. The lowest BCUT2D eigenvalue weighted by atomic mass is 10.2. The maximum atomic E-state index is 12.1. The minimum Gasteiger partial charge on any atom is -0.493 e. The summed E-state index contributed by atoms with van der Waals surface area (Å²) in [6.45, 7) is 1.79. The third-order valence-corrected chi connectivity index (χ3v) is 3.89. The molecule has 0 atom stereocenters. The van der Waals surface area contributed by atoms with E-state index in [1.54, 1.807) is 43.3 Å². The first-order valence-corrected chi connectivity index (χ1v) is 7.71. The van der Waals surface area contributed by atoms with Gasteiger partial charge in [0, 0.05) is 5.69 Å². The molecule has 0 fully saturated rings. The van der Waals surface area contributed by atoms with Crippen LogP contribution >= 0.6 is 0 Å². The van der Waals surface area contributed by atoms with Crippen molar-refractivity contribution in [2.45, 2.75) is 12.7 Å². The van der Waals surface area contributed by atoms with Crippen molar-refractivity contribution in [3.05, 3.63) is 53.7 Å². The van der Waals surface area contributed by atoms with Gasteiger partial charge in [-0.1, -0.05) is 30.3 Å². The van der Waals surface area contributed by atoms with Gasteiger partial charge < -0.3 is 4.74 Å². The van der Waals surface area contributed by atoms with Gasteiger partial charge in [-0.15, -0.1) is 0 Å². The summed E-state index contributed by atoms with van der Waals surface area (Å²) in [5.41, 5.74) is 1.43. The zero-order chi connectivity index (χ0) is 14.6. The van der Waals surface area contributed by atoms with Gasteiger partial charge in [-0.2, -0.15) is 0 Å². The smallest absolute Gasteiger partial charge is 0.238 e. The van der Waals surface area contributed by atoms with Gasteiger partial charge in [0.05, 0.1) is 12.9 Å². The number of hydrogen-bond acceptors (Lipinski definition) is 4. The third kappa shape index (κ3) is 3.71. The number of nitrogens with one attached hydrogen (secondary N) is 1. The van der Waals surface area contributed by atoms with Gasteiger partial charge in [0.2, 0.25) is 10.0 Å². The zero-order valence-corrected chi connectivity index (χ0v) is 12.1. The number of aromatic nitrogens is 1. The largest absolute Gasteiger partial charge is 0.493 e. The molecule has 5 nitrogen and oxygen atoms in total. The van der Waals surface area contributed by atoms with Crippen LogP contribution in [0.4, 0.5) is 5.82 Å². The number of nitrogens with zero attached hydrogens (tertiary/aromatic N) is 1. The van der Waals surface area contributed by atoms with Crippen molar-refractivity contribution in [1.82, 2.24) is 4.98 Å². The van der Waals surface area contributed by atoms with E-state index < -0.39 is 10.0 Å². The monoisotopic (exact) mass is 292 g/mol. The van der Waals surface area contributed by atoms with E-state index in [9.17, 15) is 8.42 Å². The molecule has 0 radical (unpaired) electrons. The van der Waals surface area contributed by atoms with E-state index >= 15 is 0 Å². The summed E-state index contributed by atoms with van der Waals surface area (Å²) in [5, 5.41) is 0. The summed E-state index contributed by atoms with van der Waals surface area (Å²) >= 11 is 0. The topological polar surface area (TPSA) is 68.3 Å². The third-order valence-electron chi connectivity index (χ3n) is 2.67. The summed E-state index contributed by atoms with van der Waals surface area (Å²) in [5.74, 6) is 0.503. The SMILES string of the molecule is COc1ccc(C)nc1NS(=O)(=O)Cc1ccccc1. The van der Waals surface area contributed by atoms with E-state index in [0.29, 0.717) is 17.0 Å². The highest BCUT2D eigenvalue weighted by atomic mass is 32.2. The van der Waals surface area contributed by atoms with Crippen LogP contribution in [0.2, 0.25) is 0 Å². The lowest BCUT2D eigenvalue weighted by molar-refractivity contribution is 0.415. The number of benzene rings is 1. The number of rotatable bonds is 5. The Morgan fingerprint density at radius 1 is 1.15 bits per heavy atom. The lowest BCUT2D eigenvalue weighted by Gasteiger charge is -2.11. The van der Waals surface area contributed by atoms with Gasteiger partial charge >= 0.3 is 0 Å². The molecule has 0 spiro atoms. The van der Waals surface area contributed by atoms with Crippen LogP contribution in [0.25, 0.3) is 0 Å². The second kappa shape index (κ2) is 5.92. The Labute approximate surface area is 118 Å². The fraction of sp³-hybridized carbons (Fsp3) is 0.214. The van der Waals surface area contributed by atoms with Crippen LogP contribution in [0.5, 0.6) is 5.75 Å². The van der Waals surface area contributed by atoms with Crippen LogP contribution in [0.1, 0.15) is 11.3 Å². The molecule has 6 heteroatoms. The maximum Gasteiger partial charge on any atom is 0.238 e. The summed E-state index contributed by atoms with van der Waals surface area (Å²) in [6, 6.07) is 12.4. The van der Waals surface area contributed by atoms with Crippen LogP contribution < -0.4 is 9.46 Å². The van der Waals surface area contributed by atoms with Crippen LogP contribution in [0.15, 0.2) is 42.5 Å². The second-order valence-electron chi connectivity index (χ2n) is 4.35. The van der Waals surface area contributed by atoms with E-state index in [1.807, 2.05) is 6.07 Å². The predicted octanol–water partition coefficient (Wildman–Crippen LogP) is 2.34. The van der Waals surface area contributed by atoms with Crippen LogP contribution in [-0.2, 0) is 15.8 Å². The molecule has 0 aliphatic carbocycles. The normalized spacial score (nSPS) is 11.1. The van der Waals surface area contributed by atoms with Gasteiger partial charge in [0.15, 0.2) is 11.6 Å². The van der Waals surface area contributed by atoms with Gasteiger partial charge in [-0.05, 0) is 24.6 Å². The molecule has 2 aromatic rings. The number of anilines is 1. The van der Waals surface area contributed by atoms with Crippen LogP contribution in [0.3, 0.4) is 0 Å². The Hall–Kier alpha value is -2.08. The quantitative estimate of drug-likeness (QED) is 0.918. The number of ether oxygens (including phenoxy) is 1. The van der Waals surface area contributed by atoms with Crippen LogP contribution in [0, 0.1) is 6.92 Å². The minimum absolute atomic E-state index is 0.105. The van der Waals surface area contributed by atoms with Crippen molar-refractivity contribution in [3.63, 3.8) is 0 Å². The average Bonchev–Trinajstić information content (AvgIpc) is 2.39. The first-order valence-electron chi connectivity index (χ1n) is 6.06. The fourth-order valence-electron chi connectivity index (χ4n) is 1.76. The van der Waals surface area contributed by atoms with Crippen LogP contribution in [-0.4, -0.2) is 20.5 Å². The van der Waals surface area contributed by atoms with E-state index in [1.165, 1.54) is 7.11 Å². The molecule has 1 aromatic carbocycles. The molecule has 20 heavy (non-hydrogen) atoms. The van der Waals surface area contributed by atoms with E-state index in [2.05, 4.69) is 9.71 Å². The van der Waals surface area contributed by atoms with Crippen molar-refractivity contribution in [2.75, 3.05) is 11.8 Å². The number of sulfonamides is 1. The molecule has 0 amide bonds. The average molecular weight is 292 g/mol. The summed E-state index contributed by atoms with van der Waals surface area (Å²) < 4.78 is 31.9. The molecule has 106 valence electrons. The summed E-state index contributed by atoms with van der Waals surface area (Å²) in [7, 11) is -2.06. The Kier molecular flexibility index (Phi) is 4.24. The molecule has 1 N–H and O–H groups in total. The van der Waals surface area contributed by atoms with Gasteiger partial charge in [0.25, 0.3) is 0 Å². The highest BCUT2D eigenvalue weighted by Crippen LogP contribution is 2.23. The molecule has 0 unspecified atom stereocenters. The molecule has 1 heterocycles. The Balaban J connectivity index is 2.22. The van der Waals surface area contributed by atoms with Gasteiger partial charge in [-0.3, -0.25) is 4.72 Å².